The van der Waals surface area contributed by atoms with Gasteiger partial charge in [0.1, 0.15) is 10.7 Å². The fourth-order valence-electron chi connectivity index (χ4n) is 2.89. The molecule has 0 amide bonds. The van der Waals surface area contributed by atoms with E-state index in [0.717, 1.165) is 17.1 Å². The molecule has 0 bridgehead atoms. The van der Waals surface area contributed by atoms with E-state index in [-0.39, 0.29) is 23.1 Å². The van der Waals surface area contributed by atoms with E-state index >= 15 is 0 Å². The van der Waals surface area contributed by atoms with Gasteiger partial charge in [-0.05, 0) is 39.0 Å². The smallest absolute Gasteiger partial charge is 0.343 e. The summed E-state index contributed by atoms with van der Waals surface area (Å²) < 4.78 is 8.61. The third-order valence-corrected chi connectivity index (χ3v) is 4.97. The van der Waals surface area contributed by atoms with Crippen LogP contribution in [0.25, 0.3) is 5.69 Å². The van der Waals surface area contributed by atoms with Gasteiger partial charge in [0, 0.05) is 24.0 Å². The Bertz CT molecular complexity index is 1020. The molecule has 6 nitrogen and oxygen atoms in total. The minimum Gasteiger partial charge on any atom is -0.454 e. The van der Waals surface area contributed by atoms with Crippen LogP contribution in [0.5, 0.6) is 0 Å². The molecule has 0 aliphatic carbocycles. The maximum atomic E-state index is 12.5. The van der Waals surface area contributed by atoms with E-state index in [1.54, 1.807) is 13.0 Å². The second kappa shape index (κ2) is 7.40. The number of nitrogens with zero attached hydrogens (tertiary/aromatic N) is 3. The van der Waals surface area contributed by atoms with Crippen LogP contribution in [-0.4, -0.2) is 32.7 Å². The zero-order chi connectivity index (χ0) is 19.7. The average molecular weight is 386 g/mol. The number of hydrogen-bond donors (Lipinski definition) is 0. The van der Waals surface area contributed by atoms with Gasteiger partial charge in [-0.3, -0.25) is 4.79 Å². The Labute approximate surface area is 162 Å². The number of esters is 1. The Kier molecular flexibility index (Phi) is 5.19. The predicted octanol–water partition coefficient (Wildman–Crippen LogP) is 3.83. The number of rotatable bonds is 5. The van der Waals surface area contributed by atoms with E-state index in [9.17, 15) is 9.59 Å². The molecule has 0 spiro atoms. The second-order valence-electron chi connectivity index (χ2n) is 6.34. The van der Waals surface area contributed by atoms with E-state index in [4.69, 9.17) is 16.3 Å². The number of Topliss-reactive ketones (excluding diaryl/α,β-unsaturated/α-hetero) is 1. The molecule has 0 aliphatic heterocycles. The molecule has 0 unspecified atom stereocenters. The number of ether oxygens (including phenoxy) is 1. The Hall–Kier alpha value is -2.86. The summed E-state index contributed by atoms with van der Waals surface area (Å²) in [6.45, 7) is 5.09. The van der Waals surface area contributed by atoms with Gasteiger partial charge < -0.3 is 9.30 Å². The molecule has 0 N–H and O–H groups in total. The Morgan fingerprint density at radius 3 is 2.41 bits per heavy atom. The molecule has 0 atom stereocenters. The summed E-state index contributed by atoms with van der Waals surface area (Å²) in [5.41, 5.74) is 3.67. The summed E-state index contributed by atoms with van der Waals surface area (Å²) in [5, 5.41) is 4.47. The molecule has 7 heteroatoms. The lowest BCUT2D eigenvalue weighted by Crippen LogP contribution is -2.15. The zero-order valence-corrected chi connectivity index (χ0v) is 16.4. The normalized spacial score (nSPS) is 10.9. The van der Waals surface area contributed by atoms with Crippen LogP contribution in [0, 0.1) is 20.8 Å². The number of aryl methyl sites for hydroxylation is 2. The second-order valence-corrected chi connectivity index (χ2v) is 6.70. The molecule has 0 fully saturated rings. The van der Waals surface area contributed by atoms with Gasteiger partial charge >= 0.3 is 5.97 Å². The van der Waals surface area contributed by atoms with Crippen molar-refractivity contribution in [1.82, 2.24) is 14.3 Å². The van der Waals surface area contributed by atoms with Crippen molar-refractivity contribution >= 4 is 23.4 Å². The Morgan fingerprint density at radius 2 is 1.81 bits per heavy atom. The van der Waals surface area contributed by atoms with Crippen LogP contribution < -0.4 is 0 Å². The lowest BCUT2D eigenvalue weighted by molar-refractivity contribution is 0.0474. The summed E-state index contributed by atoms with van der Waals surface area (Å²) in [6, 6.07) is 11.0. The van der Waals surface area contributed by atoms with Gasteiger partial charge in [0.2, 0.25) is 5.78 Å². The number of aromatic nitrogens is 3. The third-order valence-electron chi connectivity index (χ3n) is 4.62. The summed E-state index contributed by atoms with van der Waals surface area (Å²) in [7, 11) is 1.88. The molecule has 3 rings (SSSR count). The molecule has 2 aromatic heterocycles. The highest BCUT2D eigenvalue weighted by atomic mass is 35.5. The molecule has 0 saturated heterocycles. The number of ketones is 1. The van der Waals surface area contributed by atoms with Crippen LogP contribution in [0.4, 0.5) is 0 Å². The van der Waals surface area contributed by atoms with Crippen molar-refractivity contribution in [3.05, 3.63) is 69.8 Å². The van der Waals surface area contributed by atoms with Crippen molar-refractivity contribution in [2.45, 2.75) is 20.8 Å². The lowest BCUT2D eigenvalue weighted by Gasteiger charge is -2.05. The maximum Gasteiger partial charge on any atom is 0.343 e. The first-order valence-corrected chi connectivity index (χ1v) is 8.82. The molecule has 140 valence electrons. The van der Waals surface area contributed by atoms with E-state index in [0.29, 0.717) is 11.3 Å². The number of carbonyl (C=O) groups excluding carboxylic acids is 2. The topological polar surface area (TPSA) is 66.1 Å². The van der Waals surface area contributed by atoms with Gasteiger partial charge in [-0.2, -0.15) is 5.10 Å². The highest BCUT2D eigenvalue weighted by Crippen LogP contribution is 2.24. The number of hydrogen-bond acceptors (Lipinski definition) is 4. The van der Waals surface area contributed by atoms with Crippen molar-refractivity contribution < 1.29 is 14.3 Å². The zero-order valence-electron chi connectivity index (χ0n) is 15.6. The highest BCUT2D eigenvalue weighted by Gasteiger charge is 2.24. The van der Waals surface area contributed by atoms with Gasteiger partial charge in [-0.25, -0.2) is 9.48 Å². The van der Waals surface area contributed by atoms with Crippen LogP contribution >= 0.6 is 11.6 Å². The SMILES string of the molecule is Cc1nn(-c2ccccc2)c(Cl)c1C(=O)OCC(=O)c1cc(C)n(C)c1C. The van der Waals surface area contributed by atoms with Gasteiger partial charge in [-0.15, -0.1) is 0 Å². The number of halogens is 1. The minimum atomic E-state index is -0.668. The van der Waals surface area contributed by atoms with Crippen LogP contribution in [0.2, 0.25) is 5.15 Å². The standard InChI is InChI=1S/C20H20ClN3O3/c1-12-10-16(14(3)23(12)4)17(25)11-27-20(26)18-13(2)22-24(19(18)21)15-8-6-5-7-9-15/h5-10H,11H2,1-4H3. The minimum absolute atomic E-state index is 0.155. The fourth-order valence-corrected chi connectivity index (χ4v) is 3.24. The van der Waals surface area contributed by atoms with Crippen LogP contribution in [-0.2, 0) is 11.8 Å². The van der Waals surface area contributed by atoms with Crippen LogP contribution in [0.15, 0.2) is 36.4 Å². The van der Waals surface area contributed by atoms with Crippen molar-refractivity contribution in [1.29, 1.82) is 0 Å². The van der Waals surface area contributed by atoms with Crippen molar-refractivity contribution in [3.8, 4) is 5.69 Å². The first-order chi connectivity index (χ1) is 12.8. The van der Waals surface area contributed by atoms with E-state index in [2.05, 4.69) is 5.10 Å². The lowest BCUT2D eigenvalue weighted by atomic mass is 10.1. The first kappa shape index (κ1) is 18.9. The quantitative estimate of drug-likeness (QED) is 0.494. The van der Waals surface area contributed by atoms with Gasteiger partial charge in [0.05, 0.1) is 11.4 Å². The van der Waals surface area contributed by atoms with E-state index in [1.807, 2.05) is 55.8 Å². The van der Waals surface area contributed by atoms with Gasteiger partial charge in [0.15, 0.2) is 6.61 Å². The first-order valence-electron chi connectivity index (χ1n) is 8.45. The molecule has 0 aliphatic rings. The number of carbonyl (C=O) groups is 2. The molecular formula is C20H20ClN3O3. The monoisotopic (exact) mass is 385 g/mol. The maximum absolute atomic E-state index is 12.5. The number of benzene rings is 1. The summed E-state index contributed by atoms with van der Waals surface area (Å²) >= 11 is 6.35. The summed E-state index contributed by atoms with van der Waals surface area (Å²) in [6.07, 6.45) is 0. The molecule has 3 aromatic rings. The number of para-hydroxylation sites is 1. The predicted molar refractivity (Wildman–Crippen MR) is 103 cm³/mol. The Balaban J connectivity index is 1.78. The molecule has 0 radical (unpaired) electrons. The van der Waals surface area contributed by atoms with Gasteiger partial charge in [-0.1, -0.05) is 29.8 Å². The highest BCUT2D eigenvalue weighted by molar-refractivity contribution is 6.33. The molecule has 1 aromatic carbocycles. The van der Waals surface area contributed by atoms with E-state index in [1.165, 1.54) is 4.68 Å². The third kappa shape index (κ3) is 3.53. The fraction of sp³-hybridized carbons (Fsp3) is 0.250. The molecule has 2 heterocycles. The van der Waals surface area contributed by atoms with Crippen molar-refractivity contribution in [3.63, 3.8) is 0 Å². The van der Waals surface area contributed by atoms with E-state index < -0.39 is 5.97 Å². The van der Waals surface area contributed by atoms with Crippen LogP contribution in [0.1, 0.15) is 37.8 Å². The van der Waals surface area contributed by atoms with Crippen molar-refractivity contribution in [2.24, 2.45) is 7.05 Å². The largest absolute Gasteiger partial charge is 0.454 e. The van der Waals surface area contributed by atoms with Gasteiger partial charge in [0.25, 0.3) is 0 Å². The molecule has 0 saturated carbocycles. The van der Waals surface area contributed by atoms with Crippen LogP contribution in [0.3, 0.4) is 0 Å². The Morgan fingerprint density at radius 1 is 1.15 bits per heavy atom. The van der Waals surface area contributed by atoms with Crippen molar-refractivity contribution in [2.75, 3.05) is 6.61 Å². The average Bonchev–Trinajstić information content (AvgIpc) is 3.10. The summed E-state index contributed by atoms with van der Waals surface area (Å²) in [4.78, 5) is 24.9. The molecule has 27 heavy (non-hydrogen) atoms. The molecular weight excluding hydrogens is 366 g/mol. The summed E-state index contributed by atoms with van der Waals surface area (Å²) in [5.74, 6) is -0.924.